The number of aromatic hydroxyl groups is 1. The van der Waals surface area contributed by atoms with Gasteiger partial charge < -0.3 is 5.11 Å². The van der Waals surface area contributed by atoms with Gasteiger partial charge in [0.25, 0.3) is 0 Å². The molecule has 0 saturated carbocycles. The van der Waals surface area contributed by atoms with Crippen molar-refractivity contribution in [1.82, 2.24) is 0 Å². The Kier molecular flexibility index (Phi) is 6.43. The molecule has 0 radical (unpaired) electrons. The van der Waals surface area contributed by atoms with Crippen molar-refractivity contribution < 1.29 is 13.5 Å². The quantitative estimate of drug-likeness (QED) is 0.907. The smallest absolute Gasteiger partial charge is 0.229 e. The second-order valence-corrected chi connectivity index (χ2v) is 6.89. The summed E-state index contributed by atoms with van der Waals surface area (Å²) >= 11 is 0. The van der Waals surface area contributed by atoms with Crippen molar-refractivity contribution in [2.24, 2.45) is 0 Å². The van der Waals surface area contributed by atoms with Crippen LogP contribution < -0.4 is 4.72 Å². The summed E-state index contributed by atoms with van der Waals surface area (Å²) in [5.74, 6) is 0.0312. The highest BCUT2D eigenvalue weighted by atomic mass is 32.2. The summed E-state index contributed by atoms with van der Waals surface area (Å²) in [4.78, 5) is 0. The van der Waals surface area contributed by atoms with Crippen molar-refractivity contribution in [3.8, 4) is 5.75 Å². The van der Waals surface area contributed by atoms with E-state index in [2.05, 4.69) is 43.7 Å². The number of benzene rings is 2. The number of anilines is 1. The minimum absolute atomic E-state index is 0.0312. The number of nitrogens with one attached hydrogen (secondary N) is 1. The Hall–Kier alpha value is -2.01. The zero-order valence-corrected chi connectivity index (χ0v) is 14.2. The van der Waals surface area contributed by atoms with Gasteiger partial charge in [-0.25, -0.2) is 8.42 Å². The van der Waals surface area contributed by atoms with Crippen LogP contribution in [-0.2, 0) is 16.4 Å². The van der Waals surface area contributed by atoms with Gasteiger partial charge in [-0.15, -0.1) is 0 Å². The van der Waals surface area contributed by atoms with E-state index in [-0.39, 0.29) is 5.75 Å². The third kappa shape index (κ3) is 6.18. The van der Waals surface area contributed by atoms with E-state index in [1.165, 1.54) is 28.8 Å². The number of hydrogen-bond donors (Lipinski definition) is 2. The van der Waals surface area contributed by atoms with Crippen molar-refractivity contribution in [3.05, 3.63) is 59.2 Å². The first kappa shape index (κ1) is 18.0. The lowest BCUT2D eigenvalue weighted by molar-refractivity contribution is 0.475. The molecule has 0 aliphatic heterocycles. The van der Waals surface area contributed by atoms with Crippen molar-refractivity contribution >= 4 is 15.7 Å². The fourth-order valence-electron chi connectivity index (χ4n) is 1.98. The highest BCUT2D eigenvalue weighted by Gasteiger charge is 2.00. The molecule has 0 aliphatic carbocycles. The number of rotatable bonds is 3. The van der Waals surface area contributed by atoms with E-state index in [4.69, 9.17) is 5.11 Å². The average molecular weight is 321 g/mol. The third-order valence-electron chi connectivity index (χ3n) is 3.25. The van der Waals surface area contributed by atoms with Gasteiger partial charge in [0, 0.05) is 6.07 Å². The summed E-state index contributed by atoms with van der Waals surface area (Å²) in [6, 6.07) is 12.4. The van der Waals surface area contributed by atoms with Crippen LogP contribution in [0.3, 0.4) is 0 Å². The van der Waals surface area contributed by atoms with E-state index in [1.54, 1.807) is 12.1 Å². The van der Waals surface area contributed by atoms with Crippen molar-refractivity contribution in [2.75, 3.05) is 11.0 Å². The lowest BCUT2D eigenvalue weighted by Crippen LogP contribution is -2.09. The first-order chi connectivity index (χ1) is 10.2. The molecule has 2 aromatic rings. The molecule has 0 spiro atoms. The molecule has 0 aromatic heterocycles. The predicted octanol–water partition coefficient (Wildman–Crippen LogP) is 3.63. The molecule has 22 heavy (non-hydrogen) atoms. The fraction of sp³-hybridized carbons (Fsp3) is 0.294. The highest BCUT2D eigenvalue weighted by molar-refractivity contribution is 7.92. The van der Waals surface area contributed by atoms with Crippen LogP contribution in [0.1, 0.15) is 23.6 Å². The molecule has 0 amide bonds. The first-order valence-electron chi connectivity index (χ1n) is 7.05. The van der Waals surface area contributed by atoms with Crippen LogP contribution in [-0.4, -0.2) is 19.8 Å². The van der Waals surface area contributed by atoms with Gasteiger partial charge in [-0.3, -0.25) is 4.72 Å². The second-order valence-electron chi connectivity index (χ2n) is 5.14. The molecule has 2 N–H and O–H groups in total. The lowest BCUT2D eigenvalue weighted by atomic mass is 10.0. The van der Waals surface area contributed by atoms with Gasteiger partial charge in [0.2, 0.25) is 10.0 Å². The van der Waals surface area contributed by atoms with Gasteiger partial charge >= 0.3 is 0 Å². The van der Waals surface area contributed by atoms with Crippen molar-refractivity contribution in [3.63, 3.8) is 0 Å². The molecular weight excluding hydrogens is 298 g/mol. The van der Waals surface area contributed by atoms with E-state index in [0.29, 0.717) is 5.69 Å². The first-order valence-corrected chi connectivity index (χ1v) is 8.94. The molecule has 0 aliphatic rings. The Balaban J connectivity index is 0.000000224. The van der Waals surface area contributed by atoms with Gasteiger partial charge in [-0.1, -0.05) is 31.2 Å². The molecule has 5 heteroatoms. The molecule has 4 nitrogen and oxygen atoms in total. The normalized spacial score (nSPS) is 10.5. The van der Waals surface area contributed by atoms with E-state index in [9.17, 15) is 8.42 Å². The van der Waals surface area contributed by atoms with Crippen LogP contribution in [0.4, 0.5) is 5.69 Å². The zero-order valence-electron chi connectivity index (χ0n) is 13.4. The van der Waals surface area contributed by atoms with Gasteiger partial charge in [0.1, 0.15) is 5.75 Å². The summed E-state index contributed by atoms with van der Waals surface area (Å²) in [5, 5.41) is 8.98. The Morgan fingerprint density at radius 3 is 2.23 bits per heavy atom. The zero-order chi connectivity index (χ0) is 16.8. The second kappa shape index (κ2) is 7.84. The fourth-order valence-corrected chi connectivity index (χ4v) is 2.53. The van der Waals surface area contributed by atoms with Gasteiger partial charge in [-0.05, 0) is 49.1 Å². The van der Waals surface area contributed by atoms with Gasteiger partial charge in [0.15, 0.2) is 0 Å². The Bertz CT molecular complexity index is 724. The minimum Gasteiger partial charge on any atom is -0.508 e. The molecule has 0 unspecified atom stereocenters. The Labute approximate surface area is 132 Å². The summed E-state index contributed by atoms with van der Waals surface area (Å²) < 4.78 is 23.7. The monoisotopic (exact) mass is 321 g/mol. The van der Waals surface area contributed by atoms with Crippen LogP contribution in [0.5, 0.6) is 5.75 Å². The molecule has 0 fully saturated rings. The molecule has 0 heterocycles. The van der Waals surface area contributed by atoms with E-state index < -0.39 is 10.0 Å². The maximum absolute atomic E-state index is 10.7. The van der Waals surface area contributed by atoms with Crippen LogP contribution >= 0.6 is 0 Å². The van der Waals surface area contributed by atoms with Crippen LogP contribution in [0.2, 0.25) is 0 Å². The summed E-state index contributed by atoms with van der Waals surface area (Å²) in [6.07, 6.45) is 2.20. The Morgan fingerprint density at radius 2 is 1.73 bits per heavy atom. The molecule has 2 rings (SSSR count). The molecule has 0 saturated heterocycles. The van der Waals surface area contributed by atoms with Crippen LogP contribution in [0.25, 0.3) is 0 Å². The number of phenols is 1. The van der Waals surface area contributed by atoms with Gasteiger partial charge in [0.05, 0.1) is 11.9 Å². The topological polar surface area (TPSA) is 66.4 Å². The van der Waals surface area contributed by atoms with Crippen molar-refractivity contribution in [1.29, 1.82) is 0 Å². The summed E-state index contributed by atoms with van der Waals surface area (Å²) in [5.41, 5.74) is 4.68. The van der Waals surface area contributed by atoms with E-state index in [1.807, 2.05) is 0 Å². The molecule has 0 bridgehead atoms. The third-order valence-corrected chi connectivity index (χ3v) is 3.85. The van der Waals surface area contributed by atoms with Crippen LogP contribution in [0.15, 0.2) is 42.5 Å². The number of phenolic OH excluding ortho intramolecular Hbond substituents is 1. The predicted molar refractivity (Wildman–Crippen MR) is 91.9 cm³/mol. The van der Waals surface area contributed by atoms with E-state index in [0.717, 1.165) is 12.7 Å². The van der Waals surface area contributed by atoms with E-state index >= 15 is 0 Å². The number of aryl methyl sites for hydroxylation is 2. The molecular formula is C17H23NO3S. The maximum atomic E-state index is 10.7. The largest absolute Gasteiger partial charge is 0.508 e. The number of sulfonamides is 1. The molecule has 0 atom stereocenters. The number of hydrogen-bond acceptors (Lipinski definition) is 3. The standard InChI is InChI=1S/C10H14.C7H9NO3S/c1-4-10-7-5-6-8(2)9(10)3;1-12(10,11)8-6-3-2-4-7(9)5-6/h5-7H,4H2,1-3H3;2-5,8-9H,1H3. The molecule has 120 valence electrons. The van der Waals surface area contributed by atoms with Gasteiger partial charge in [-0.2, -0.15) is 0 Å². The minimum atomic E-state index is -3.26. The van der Waals surface area contributed by atoms with Crippen molar-refractivity contribution in [2.45, 2.75) is 27.2 Å². The summed E-state index contributed by atoms with van der Waals surface area (Å²) in [6.45, 7) is 6.55. The highest BCUT2D eigenvalue weighted by Crippen LogP contribution is 2.15. The SMILES string of the molecule is CCc1cccc(C)c1C.CS(=O)(=O)Nc1cccc(O)c1. The Morgan fingerprint density at radius 1 is 1.09 bits per heavy atom. The maximum Gasteiger partial charge on any atom is 0.229 e. The summed E-state index contributed by atoms with van der Waals surface area (Å²) in [7, 11) is -3.26. The molecule has 2 aromatic carbocycles. The average Bonchev–Trinajstić information content (AvgIpc) is 2.41. The van der Waals surface area contributed by atoms with Crippen LogP contribution in [0, 0.1) is 13.8 Å². The lowest BCUT2D eigenvalue weighted by Gasteiger charge is -2.04.